The van der Waals surface area contributed by atoms with E-state index in [0.717, 1.165) is 66.5 Å². The molecule has 12 aromatic rings. The van der Waals surface area contributed by atoms with Crippen LogP contribution in [0.15, 0.2) is 223 Å². The fourth-order valence-corrected chi connectivity index (χ4v) is 8.99. The van der Waals surface area contributed by atoms with E-state index in [1.165, 1.54) is 38.6 Å². The number of hydrogen-bond acceptors (Lipinski definition) is 4. The van der Waals surface area contributed by atoms with Crippen molar-refractivity contribution in [2.24, 2.45) is 0 Å². The number of aromatic nitrogens is 4. The minimum atomic E-state index is 0.608. The van der Waals surface area contributed by atoms with Crippen molar-refractivity contribution in [1.29, 1.82) is 0 Å². The van der Waals surface area contributed by atoms with Crippen LogP contribution < -0.4 is 0 Å². The molecule has 290 valence electrons. The molecule has 0 aliphatic heterocycles. The second-order valence-corrected chi connectivity index (χ2v) is 15.7. The smallest absolute Gasteiger partial charge is 0.164 e. The third-order valence-electron chi connectivity index (χ3n) is 11.9. The molecule has 12 rings (SSSR count). The van der Waals surface area contributed by atoms with Crippen LogP contribution in [-0.4, -0.2) is 19.5 Å². The summed E-state index contributed by atoms with van der Waals surface area (Å²) in [6, 6.07) is 75.2. The van der Waals surface area contributed by atoms with Gasteiger partial charge in [-0.05, 0) is 111 Å². The zero-order valence-electron chi connectivity index (χ0n) is 33.5. The average Bonchev–Trinajstić information content (AvgIpc) is 3.90. The first-order chi connectivity index (χ1) is 30.7. The van der Waals surface area contributed by atoms with Gasteiger partial charge in [-0.2, -0.15) is 0 Å². The molecule has 0 radical (unpaired) electrons. The van der Waals surface area contributed by atoms with Crippen LogP contribution in [0.2, 0.25) is 0 Å². The van der Waals surface area contributed by atoms with Crippen molar-refractivity contribution < 1.29 is 4.42 Å². The molecule has 0 aliphatic carbocycles. The molecule has 9 aromatic carbocycles. The van der Waals surface area contributed by atoms with Crippen LogP contribution in [0.25, 0.3) is 117 Å². The Bertz CT molecular complexity index is 3570. The van der Waals surface area contributed by atoms with Gasteiger partial charge in [0.25, 0.3) is 0 Å². The molecule has 0 aliphatic rings. The molecule has 3 aromatic heterocycles. The molecular weight excluding hydrogens is 757 g/mol. The lowest BCUT2D eigenvalue weighted by molar-refractivity contribution is 0.669. The Labute approximate surface area is 357 Å². The summed E-state index contributed by atoms with van der Waals surface area (Å²) < 4.78 is 8.82. The van der Waals surface area contributed by atoms with Crippen molar-refractivity contribution in [2.75, 3.05) is 0 Å². The quantitative estimate of drug-likeness (QED) is 0.161. The fourth-order valence-electron chi connectivity index (χ4n) is 8.99. The van der Waals surface area contributed by atoms with Gasteiger partial charge in [0.1, 0.15) is 17.5 Å². The van der Waals surface area contributed by atoms with Gasteiger partial charge in [-0.15, -0.1) is 0 Å². The highest BCUT2D eigenvalue weighted by Crippen LogP contribution is 2.41. The van der Waals surface area contributed by atoms with E-state index in [4.69, 9.17) is 9.40 Å². The van der Waals surface area contributed by atoms with Crippen LogP contribution in [0.1, 0.15) is 0 Å². The van der Waals surface area contributed by atoms with Crippen molar-refractivity contribution >= 4 is 43.7 Å². The lowest BCUT2D eigenvalue weighted by Gasteiger charge is -2.14. The average molecular weight is 793 g/mol. The maximum absolute atomic E-state index is 6.43. The standard InChI is InChI=1S/C57H36N4O/c1-4-14-37(15-5-1)43-30-44(38-16-6-2-7-17-38)32-45(31-43)40-20-12-21-46(33-40)61-51-24-11-10-22-47(51)49-34-41(26-28-52(49)61)42-27-29-53-50(35-42)55-48(23-13-25-54(55)62-53)57-59-36-58-56(60-57)39-18-8-3-9-19-39/h1-36H. The summed E-state index contributed by atoms with van der Waals surface area (Å²) in [5, 5.41) is 4.39. The summed E-state index contributed by atoms with van der Waals surface area (Å²) in [4.78, 5) is 14.0. The highest BCUT2D eigenvalue weighted by Gasteiger charge is 2.18. The van der Waals surface area contributed by atoms with Crippen LogP contribution >= 0.6 is 0 Å². The minimum absolute atomic E-state index is 0.608. The Morgan fingerprint density at radius 1 is 0.339 bits per heavy atom. The van der Waals surface area contributed by atoms with Gasteiger partial charge in [-0.3, -0.25) is 0 Å². The zero-order valence-corrected chi connectivity index (χ0v) is 33.5. The summed E-state index contributed by atoms with van der Waals surface area (Å²) in [5.74, 6) is 1.24. The number of rotatable bonds is 7. The molecule has 0 bridgehead atoms. The van der Waals surface area contributed by atoms with Crippen LogP contribution in [0, 0.1) is 0 Å². The van der Waals surface area contributed by atoms with Crippen molar-refractivity contribution in [3.8, 4) is 73.0 Å². The van der Waals surface area contributed by atoms with Crippen molar-refractivity contribution in [1.82, 2.24) is 19.5 Å². The lowest BCUT2D eigenvalue weighted by Crippen LogP contribution is -1.95. The molecule has 0 saturated carbocycles. The molecular formula is C57H36N4O. The van der Waals surface area contributed by atoms with Crippen molar-refractivity contribution in [3.63, 3.8) is 0 Å². The van der Waals surface area contributed by atoms with Crippen LogP contribution in [0.3, 0.4) is 0 Å². The molecule has 5 nitrogen and oxygen atoms in total. The second kappa shape index (κ2) is 14.7. The van der Waals surface area contributed by atoms with E-state index in [9.17, 15) is 0 Å². The predicted molar refractivity (Wildman–Crippen MR) is 254 cm³/mol. The number of hydrogen-bond donors (Lipinski definition) is 0. The van der Waals surface area contributed by atoms with Gasteiger partial charge in [0.15, 0.2) is 11.6 Å². The fraction of sp³-hybridized carbons (Fsp3) is 0. The highest BCUT2D eigenvalue weighted by atomic mass is 16.3. The summed E-state index contributed by atoms with van der Waals surface area (Å²) >= 11 is 0. The van der Waals surface area contributed by atoms with Gasteiger partial charge in [0.2, 0.25) is 0 Å². The molecule has 0 spiro atoms. The van der Waals surface area contributed by atoms with E-state index in [-0.39, 0.29) is 0 Å². The van der Waals surface area contributed by atoms with E-state index < -0.39 is 0 Å². The van der Waals surface area contributed by atoms with Crippen molar-refractivity contribution in [2.45, 2.75) is 0 Å². The molecule has 3 heterocycles. The zero-order chi connectivity index (χ0) is 41.0. The molecule has 5 heteroatoms. The normalized spacial score (nSPS) is 11.5. The third kappa shape index (κ3) is 6.14. The maximum Gasteiger partial charge on any atom is 0.164 e. The SMILES string of the molecule is c1ccc(-c2cc(-c3ccccc3)cc(-c3cccc(-n4c5ccccc5c5cc(-c6ccc7oc8cccc(-c9ncnc(-c%10ccccc%10)n9)c8c7c6)ccc54)c3)c2)cc1. The molecule has 62 heavy (non-hydrogen) atoms. The molecule has 0 amide bonds. The van der Waals surface area contributed by atoms with Gasteiger partial charge < -0.3 is 8.98 Å². The third-order valence-corrected chi connectivity index (χ3v) is 11.9. The van der Waals surface area contributed by atoms with Gasteiger partial charge in [-0.25, -0.2) is 15.0 Å². The number of furan rings is 1. The van der Waals surface area contributed by atoms with E-state index in [2.05, 4.69) is 184 Å². The molecule has 0 atom stereocenters. The van der Waals surface area contributed by atoms with Gasteiger partial charge in [-0.1, -0.05) is 146 Å². The van der Waals surface area contributed by atoms with Crippen LogP contribution in [-0.2, 0) is 0 Å². The van der Waals surface area contributed by atoms with Crippen molar-refractivity contribution in [3.05, 3.63) is 219 Å². The van der Waals surface area contributed by atoms with Gasteiger partial charge >= 0.3 is 0 Å². The number of benzene rings is 9. The highest BCUT2D eigenvalue weighted by molar-refractivity contribution is 6.14. The summed E-state index contributed by atoms with van der Waals surface area (Å²) in [7, 11) is 0. The van der Waals surface area contributed by atoms with Gasteiger partial charge in [0, 0.05) is 38.4 Å². The molecule has 0 fully saturated rings. The monoisotopic (exact) mass is 792 g/mol. The number of fused-ring (bicyclic) bond motifs is 6. The summed E-state index contributed by atoms with van der Waals surface area (Å²) in [6.07, 6.45) is 1.59. The maximum atomic E-state index is 6.43. The van der Waals surface area contributed by atoms with Gasteiger partial charge in [0.05, 0.1) is 11.0 Å². The minimum Gasteiger partial charge on any atom is -0.456 e. The second-order valence-electron chi connectivity index (χ2n) is 15.7. The Kier molecular flexibility index (Phi) is 8.42. The molecule has 0 unspecified atom stereocenters. The van der Waals surface area contributed by atoms with E-state index in [1.54, 1.807) is 6.33 Å². The molecule has 0 saturated heterocycles. The van der Waals surface area contributed by atoms with E-state index >= 15 is 0 Å². The first-order valence-electron chi connectivity index (χ1n) is 20.8. The Morgan fingerprint density at radius 3 is 1.65 bits per heavy atom. The lowest BCUT2D eigenvalue weighted by atomic mass is 9.93. The number of para-hydroxylation sites is 1. The summed E-state index contributed by atoms with van der Waals surface area (Å²) in [6.45, 7) is 0. The topological polar surface area (TPSA) is 56.7 Å². The Hall–Kier alpha value is -8.41. The largest absolute Gasteiger partial charge is 0.456 e. The van der Waals surface area contributed by atoms with Crippen LogP contribution in [0.5, 0.6) is 0 Å². The first kappa shape index (κ1) is 35.5. The predicted octanol–water partition coefficient (Wildman–Crippen LogP) is 14.9. The first-order valence-corrected chi connectivity index (χ1v) is 20.8. The molecule has 0 N–H and O–H groups in total. The van der Waals surface area contributed by atoms with E-state index in [1.807, 2.05) is 42.5 Å². The Balaban J connectivity index is 0.968. The number of nitrogens with zero attached hydrogens (tertiary/aromatic N) is 4. The Morgan fingerprint density at radius 2 is 0.903 bits per heavy atom. The van der Waals surface area contributed by atoms with E-state index in [0.29, 0.717) is 11.6 Å². The van der Waals surface area contributed by atoms with Crippen LogP contribution in [0.4, 0.5) is 0 Å². The summed E-state index contributed by atoms with van der Waals surface area (Å²) in [5.41, 5.74) is 16.2.